The number of anilines is 1. The minimum absolute atomic E-state index is 0.229. The molecular weight excluding hydrogens is 190 g/mol. The second-order valence-electron chi connectivity index (χ2n) is 3.60. The number of ether oxygens (including phenoxy) is 1. The van der Waals surface area contributed by atoms with Crippen molar-refractivity contribution in [3.05, 3.63) is 29.8 Å². The number of carbonyl (C=O) groups excluding carboxylic acids is 1. The molecule has 0 spiro atoms. The van der Waals surface area contributed by atoms with Crippen molar-refractivity contribution in [3.8, 4) is 0 Å². The summed E-state index contributed by atoms with van der Waals surface area (Å²) < 4.78 is 4.88. The lowest BCUT2D eigenvalue weighted by atomic mass is 10.2. The molecule has 0 heterocycles. The standard InChI is InChI=1S/C12H17NO2/c1-10-4-6-12(7-5-10)13(3)8-9-15-11(2)14/h4-7H,8-9H2,1-3H3. The Hall–Kier alpha value is -1.51. The number of rotatable bonds is 4. The van der Waals surface area contributed by atoms with Crippen LogP contribution in [0.5, 0.6) is 0 Å². The highest BCUT2D eigenvalue weighted by molar-refractivity contribution is 5.65. The molecule has 0 aliphatic rings. The number of esters is 1. The Morgan fingerprint density at radius 2 is 1.93 bits per heavy atom. The summed E-state index contributed by atoms with van der Waals surface area (Å²) in [5.41, 5.74) is 2.37. The largest absolute Gasteiger partial charge is 0.464 e. The number of likely N-dealkylation sites (N-methyl/N-ethyl adjacent to an activating group) is 1. The van der Waals surface area contributed by atoms with Gasteiger partial charge in [-0.15, -0.1) is 0 Å². The van der Waals surface area contributed by atoms with Gasteiger partial charge in [-0.3, -0.25) is 4.79 Å². The van der Waals surface area contributed by atoms with Crippen molar-refractivity contribution >= 4 is 11.7 Å². The Kier molecular flexibility index (Phi) is 4.16. The van der Waals surface area contributed by atoms with Crippen LogP contribution in [-0.2, 0) is 9.53 Å². The predicted octanol–water partition coefficient (Wildman–Crippen LogP) is 1.99. The normalized spacial score (nSPS) is 9.80. The zero-order chi connectivity index (χ0) is 11.3. The first kappa shape index (κ1) is 11.6. The maximum absolute atomic E-state index is 10.6. The lowest BCUT2D eigenvalue weighted by molar-refractivity contribution is -0.140. The van der Waals surface area contributed by atoms with Crippen molar-refractivity contribution in [2.45, 2.75) is 13.8 Å². The molecule has 0 aliphatic heterocycles. The zero-order valence-electron chi connectivity index (χ0n) is 9.49. The van der Waals surface area contributed by atoms with E-state index in [9.17, 15) is 4.79 Å². The third kappa shape index (κ3) is 4.02. The Labute approximate surface area is 90.7 Å². The van der Waals surface area contributed by atoms with E-state index in [2.05, 4.69) is 36.1 Å². The van der Waals surface area contributed by atoms with Crippen LogP contribution in [0.4, 0.5) is 5.69 Å². The molecule has 3 nitrogen and oxygen atoms in total. The van der Waals surface area contributed by atoms with Crippen molar-refractivity contribution in [1.29, 1.82) is 0 Å². The summed E-state index contributed by atoms with van der Waals surface area (Å²) in [4.78, 5) is 12.6. The Morgan fingerprint density at radius 3 is 2.47 bits per heavy atom. The molecule has 0 atom stereocenters. The zero-order valence-corrected chi connectivity index (χ0v) is 9.49. The van der Waals surface area contributed by atoms with Gasteiger partial charge in [-0.2, -0.15) is 0 Å². The van der Waals surface area contributed by atoms with Crippen LogP contribution < -0.4 is 4.90 Å². The number of hydrogen-bond donors (Lipinski definition) is 0. The molecule has 0 aliphatic carbocycles. The molecule has 0 aromatic heterocycles. The minimum atomic E-state index is -0.229. The number of hydrogen-bond acceptors (Lipinski definition) is 3. The fourth-order valence-corrected chi connectivity index (χ4v) is 1.25. The van der Waals surface area contributed by atoms with Crippen molar-refractivity contribution in [3.63, 3.8) is 0 Å². The van der Waals surface area contributed by atoms with Crippen LogP contribution in [-0.4, -0.2) is 26.2 Å². The predicted molar refractivity (Wildman–Crippen MR) is 61.1 cm³/mol. The molecule has 1 aromatic carbocycles. The smallest absolute Gasteiger partial charge is 0.302 e. The van der Waals surface area contributed by atoms with Gasteiger partial charge in [0.2, 0.25) is 0 Å². The van der Waals surface area contributed by atoms with E-state index in [1.165, 1.54) is 12.5 Å². The number of nitrogens with zero attached hydrogens (tertiary/aromatic N) is 1. The van der Waals surface area contributed by atoms with Gasteiger partial charge in [0, 0.05) is 19.7 Å². The van der Waals surface area contributed by atoms with Crippen molar-refractivity contribution in [2.75, 3.05) is 25.1 Å². The first-order valence-electron chi connectivity index (χ1n) is 5.01. The third-order valence-electron chi connectivity index (χ3n) is 2.21. The molecule has 15 heavy (non-hydrogen) atoms. The summed E-state index contributed by atoms with van der Waals surface area (Å²) in [7, 11) is 1.98. The number of carbonyl (C=O) groups is 1. The molecule has 1 aromatic rings. The molecule has 0 N–H and O–H groups in total. The molecule has 82 valence electrons. The average molecular weight is 207 g/mol. The van der Waals surface area contributed by atoms with Crippen molar-refractivity contribution in [1.82, 2.24) is 0 Å². The molecule has 0 unspecified atom stereocenters. The van der Waals surface area contributed by atoms with E-state index in [1.807, 2.05) is 7.05 Å². The van der Waals surface area contributed by atoms with Gasteiger partial charge >= 0.3 is 5.97 Å². The fourth-order valence-electron chi connectivity index (χ4n) is 1.25. The molecule has 0 bridgehead atoms. The van der Waals surface area contributed by atoms with E-state index in [0.29, 0.717) is 13.2 Å². The van der Waals surface area contributed by atoms with E-state index >= 15 is 0 Å². The summed E-state index contributed by atoms with van der Waals surface area (Å²) in [5.74, 6) is -0.229. The Bertz CT molecular complexity index is 319. The number of benzene rings is 1. The molecule has 1 rings (SSSR count). The van der Waals surface area contributed by atoms with Crippen LogP contribution in [0.2, 0.25) is 0 Å². The van der Waals surface area contributed by atoms with Crippen LogP contribution in [0.15, 0.2) is 24.3 Å². The summed E-state index contributed by atoms with van der Waals surface area (Å²) in [6, 6.07) is 8.25. The number of aryl methyl sites for hydroxylation is 1. The Balaban J connectivity index is 2.43. The van der Waals surface area contributed by atoms with Crippen LogP contribution in [0.1, 0.15) is 12.5 Å². The van der Waals surface area contributed by atoms with E-state index in [-0.39, 0.29) is 5.97 Å². The molecule has 3 heteroatoms. The minimum Gasteiger partial charge on any atom is -0.464 e. The van der Waals surface area contributed by atoms with Crippen LogP contribution in [0.3, 0.4) is 0 Å². The third-order valence-corrected chi connectivity index (χ3v) is 2.21. The van der Waals surface area contributed by atoms with E-state index in [0.717, 1.165) is 5.69 Å². The highest BCUT2D eigenvalue weighted by Crippen LogP contribution is 2.12. The van der Waals surface area contributed by atoms with Crippen LogP contribution in [0, 0.1) is 6.92 Å². The fraction of sp³-hybridized carbons (Fsp3) is 0.417. The maximum Gasteiger partial charge on any atom is 0.302 e. The molecule has 0 saturated heterocycles. The van der Waals surface area contributed by atoms with Gasteiger partial charge in [0.25, 0.3) is 0 Å². The van der Waals surface area contributed by atoms with Crippen molar-refractivity contribution in [2.24, 2.45) is 0 Å². The maximum atomic E-state index is 10.6. The lowest BCUT2D eigenvalue weighted by Gasteiger charge is -2.18. The second-order valence-corrected chi connectivity index (χ2v) is 3.60. The molecule has 0 fully saturated rings. The quantitative estimate of drug-likeness (QED) is 0.707. The topological polar surface area (TPSA) is 29.5 Å². The first-order valence-corrected chi connectivity index (χ1v) is 5.01. The van der Waals surface area contributed by atoms with Gasteiger partial charge in [0.05, 0.1) is 6.54 Å². The van der Waals surface area contributed by atoms with E-state index < -0.39 is 0 Å². The van der Waals surface area contributed by atoms with Gasteiger partial charge in [0.1, 0.15) is 6.61 Å². The Morgan fingerprint density at radius 1 is 1.33 bits per heavy atom. The summed E-state index contributed by atoms with van der Waals surface area (Å²) in [6.07, 6.45) is 0. The molecular formula is C12H17NO2. The highest BCUT2D eigenvalue weighted by atomic mass is 16.5. The SMILES string of the molecule is CC(=O)OCCN(C)c1ccc(C)cc1. The molecule has 0 amide bonds. The molecule has 0 saturated carbocycles. The summed E-state index contributed by atoms with van der Waals surface area (Å²) in [6.45, 7) is 4.62. The van der Waals surface area contributed by atoms with Crippen LogP contribution >= 0.6 is 0 Å². The average Bonchev–Trinajstić information content (AvgIpc) is 2.18. The molecule has 0 radical (unpaired) electrons. The van der Waals surface area contributed by atoms with Gasteiger partial charge in [-0.25, -0.2) is 0 Å². The monoisotopic (exact) mass is 207 g/mol. The van der Waals surface area contributed by atoms with Crippen LogP contribution in [0.25, 0.3) is 0 Å². The van der Waals surface area contributed by atoms with Crippen molar-refractivity contribution < 1.29 is 9.53 Å². The van der Waals surface area contributed by atoms with Gasteiger partial charge < -0.3 is 9.64 Å². The summed E-state index contributed by atoms with van der Waals surface area (Å²) >= 11 is 0. The van der Waals surface area contributed by atoms with Gasteiger partial charge in [-0.1, -0.05) is 17.7 Å². The lowest BCUT2D eigenvalue weighted by Crippen LogP contribution is -2.23. The van der Waals surface area contributed by atoms with E-state index in [4.69, 9.17) is 4.74 Å². The summed E-state index contributed by atoms with van der Waals surface area (Å²) in [5, 5.41) is 0. The van der Waals surface area contributed by atoms with E-state index in [1.54, 1.807) is 0 Å². The second kappa shape index (κ2) is 5.39. The highest BCUT2D eigenvalue weighted by Gasteiger charge is 2.00. The van der Waals surface area contributed by atoms with Gasteiger partial charge in [-0.05, 0) is 19.1 Å². The van der Waals surface area contributed by atoms with Gasteiger partial charge in [0.15, 0.2) is 0 Å². The first-order chi connectivity index (χ1) is 7.09.